The van der Waals surface area contributed by atoms with Crippen molar-refractivity contribution in [1.29, 1.82) is 5.26 Å². The average Bonchev–Trinajstić information content (AvgIpc) is 3.53. The van der Waals surface area contributed by atoms with Gasteiger partial charge >= 0.3 is 0 Å². The molecule has 0 saturated heterocycles. The van der Waals surface area contributed by atoms with E-state index in [-0.39, 0.29) is 11.8 Å². The molecule has 0 bridgehead atoms. The van der Waals surface area contributed by atoms with Gasteiger partial charge in [-0.2, -0.15) is 10.4 Å². The Morgan fingerprint density at radius 2 is 1.47 bits per heavy atom. The van der Waals surface area contributed by atoms with Crippen LogP contribution < -0.4 is 10.6 Å². The minimum atomic E-state index is -0.281. The first-order valence-electron chi connectivity index (χ1n) is 9.38. The van der Waals surface area contributed by atoms with E-state index in [1.54, 1.807) is 66.7 Å². The molecule has 0 aliphatic heterocycles. The second-order valence-corrected chi connectivity index (χ2v) is 8.35. The smallest absolute Gasteiger partial charge is 0.265 e. The van der Waals surface area contributed by atoms with Gasteiger partial charge in [0.25, 0.3) is 11.8 Å². The zero-order valence-corrected chi connectivity index (χ0v) is 18.1. The fraction of sp³-hybridized carbons (Fsp3) is 0. The van der Waals surface area contributed by atoms with E-state index in [0.29, 0.717) is 38.1 Å². The highest BCUT2D eigenvalue weighted by molar-refractivity contribution is 7.12. The molecule has 4 aromatic rings. The van der Waals surface area contributed by atoms with Crippen molar-refractivity contribution in [2.75, 3.05) is 10.6 Å². The predicted molar refractivity (Wildman–Crippen MR) is 126 cm³/mol. The van der Waals surface area contributed by atoms with E-state index in [1.165, 1.54) is 22.7 Å². The maximum Gasteiger partial charge on any atom is 0.265 e. The van der Waals surface area contributed by atoms with Gasteiger partial charge in [-0.3, -0.25) is 9.59 Å². The van der Waals surface area contributed by atoms with Crippen molar-refractivity contribution < 1.29 is 9.59 Å². The highest BCUT2D eigenvalue weighted by Gasteiger charge is 2.13. The molecule has 0 aliphatic rings. The summed E-state index contributed by atoms with van der Waals surface area (Å²) >= 11 is 2.66. The highest BCUT2D eigenvalue weighted by Crippen LogP contribution is 2.31. The van der Waals surface area contributed by atoms with Gasteiger partial charge in [0.1, 0.15) is 5.69 Å². The zero-order chi connectivity index (χ0) is 22.3. The van der Waals surface area contributed by atoms with Gasteiger partial charge in [-0.25, -0.2) is 0 Å². The summed E-state index contributed by atoms with van der Waals surface area (Å²) in [4.78, 5) is 26.1. The summed E-state index contributed by atoms with van der Waals surface area (Å²) in [6, 6.07) is 20.8. The van der Waals surface area contributed by atoms with E-state index in [9.17, 15) is 9.59 Å². The second-order valence-electron chi connectivity index (χ2n) is 6.45. The summed E-state index contributed by atoms with van der Waals surface area (Å²) < 4.78 is 0. The first-order valence-corrected chi connectivity index (χ1v) is 11.1. The maximum absolute atomic E-state index is 12.6. The molecule has 2 N–H and O–H groups in total. The normalized spacial score (nSPS) is 10.6. The molecule has 2 amide bonds. The minimum Gasteiger partial charge on any atom is -0.321 e. The van der Waals surface area contributed by atoms with E-state index in [0.717, 1.165) is 0 Å². The Morgan fingerprint density at radius 1 is 0.812 bits per heavy atom. The monoisotopic (exact) mass is 457 g/mol. The fourth-order valence-corrected chi connectivity index (χ4v) is 3.95. The summed E-state index contributed by atoms with van der Waals surface area (Å²) in [5.74, 6) is -0.515. The number of rotatable bonds is 6. The van der Waals surface area contributed by atoms with Crippen molar-refractivity contribution in [2.24, 2.45) is 10.2 Å². The van der Waals surface area contributed by atoms with Crippen LogP contribution in [0.5, 0.6) is 0 Å². The van der Waals surface area contributed by atoms with Crippen LogP contribution in [0.3, 0.4) is 0 Å². The molecule has 0 atom stereocenters. The van der Waals surface area contributed by atoms with Crippen LogP contribution in [0.1, 0.15) is 24.9 Å². The number of amides is 2. The lowest BCUT2D eigenvalue weighted by atomic mass is 10.2. The third-order valence-electron chi connectivity index (χ3n) is 4.26. The quantitative estimate of drug-likeness (QED) is 0.318. The molecule has 7 nitrogen and oxygen atoms in total. The van der Waals surface area contributed by atoms with Gasteiger partial charge in [0.15, 0.2) is 0 Å². The number of azo groups is 1. The molecule has 2 aromatic carbocycles. The molecule has 32 heavy (non-hydrogen) atoms. The van der Waals surface area contributed by atoms with Gasteiger partial charge in [0.2, 0.25) is 0 Å². The topological polar surface area (TPSA) is 107 Å². The van der Waals surface area contributed by atoms with Gasteiger partial charge in [-0.15, -0.1) is 27.8 Å². The van der Waals surface area contributed by atoms with E-state index < -0.39 is 0 Å². The molecule has 2 aromatic heterocycles. The van der Waals surface area contributed by atoms with Crippen molar-refractivity contribution in [2.45, 2.75) is 0 Å². The molecule has 0 fully saturated rings. The molecule has 0 saturated carbocycles. The summed E-state index contributed by atoms with van der Waals surface area (Å²) in [6.45, 7) is 0. The third kappa shape index (κ3) is 5.13. The van der Waals surface area contributed by atoms with Gasteiger partial charge in [-0.1, -0.05) is 12.1 Å². The number of carbonyl (C=O) groups excluding carboxylic acids is 2. The van der Waals surface area contributed by atoms with Crippen LogP contribution in [0.25, 0.3) is 0 Å². The SMILES string of the molecule is N#Cc1ccc(/N=N/c2ccc(NC(=O)c3cccs3)cc2NC(=O)c2cccs2)cc1. The van der Waals surface area contributed by atoms with Crippen molar-refractivity contribution in [3.63, 3.8) is 0 Å². The van der Waals surface area contributed by atoms with Crippen molar-refractivity contribution in [3.8, 4) is 6.07 Å². The molecule has 0 radical (unpaired) electrons. The largest absolute Gasteiger partial charge is 0.321 e. The predicted octanol–water partition coefficient (Wildman–Crippen LogP) is 6.60. The standard InChI is InChI=1S/C23H15N5O2S2/c24-14-15-5-7-16(8-6-15)27-28-18-10-9-17(25-22(29)20-3-1-11-31-20)13-19(18)26-23(30)21-4-2-12-32-21/h1-13H,(H,25,29)(H,26,30)/b28-27+. The summed E-state index contributed by atoms with van der Waals surface area (Å²) in [5, 5.41) is 26.7. The molecule has 2 heterocycles. The van der Waals surface area contributed by atoms with E-state index in [4.69, 9.17) is 5.26 Å². The van der Waals surface area contributed by atoms with Crippen LogP contribution in [0.4, 0.5) is 22.7 Å². The first-order chi connectivity index (χ1) is 15.6. The second kappa shape index (κ2) is 9.78. The van der Waals surface area contributed by atoms with Crippen LogP contribution in [0.2, 0.25) is 0 Å². The Hall–Kier alpha value is -4.13. The average molecular weight is 458 g/mol. The number of thiophene rings is 2. The van der Waals surface area contributed by atoms with Crippen LogP contribution in [0, 0.1) is 11.3 Å². The fourth-order valence-electron chi connectivity index (χ4n) is 2.71. The number of nitrogens with one attached hydrogen (secondary N) is 2. The Kier molecular flexibility index (Phi) is 6.46. The molecule has 9 heteroatoms. The van der Waals surface area contributed by atoms with Crippen molar-refractivity contribution in [3.05, 3.63) is 92.8 Å². The van der Waals surface area contributed by atoms with Gasteiger partial charge in [0.05, 0.1) is 32.8 Å². The molecular formula is C23H15N5O2S2. The van der Waals surface area contributed by atoms with E-state index >= 15 is 0 Å². The van der Waals surface area contributed by atoms with Crippen LogP contribution in [0.15, 0.2) is 87.7 Å². The van der Waals surface area contributed by atoms with Crippen molar-refractivity contribution in [1.82, 2.24) is 0 Å². The Bertz CT molecular complexity index is 1310. The van der Waals surface area contributed by atoms with Gasteiger partial charge in [0, 0.05) is 5.69 Å². The van der Waals surface area contributed by atoms with Crippen LogP contribution >= 0.6 is 22.7 Å². The third-order valence-corrected chi connectivity index (χ3v) is 6.00. The summed E-state index contributed by atoms with van der Waals surface area (Å²) in [7, 11) is 0. The highest BCUT2D eigenvalue weighted by atomic mass is 32.1. The molecular weight excluding hydrogens is 442 g/mol. The lowest BCUT2D eigenvalue weighted by Gasteiger charge is -2.10. The zero-order valence-electron chi connectivity index (χ0n) is 16.5. The van der Waals surface area contributed by atoms with E-state index in [1.807, 2.05) is 10.8 Å². The lowest BCUT2D eigenvalue weighted by molar-refractivity contribution is 0.102. The first kappa shape index (κ1) is 21.1. The molecule has 4 rings (SSSR count). The van der Waals surface area contributed by atoms with Crippen LogP contribution in [-0.4, -0.2) is 11.8 Å². The van der Waals surface area contributed by atoms with E-state index in [2.05, 4.69) is 26.9 Å². The van der Waals surface area contributed by atoms with Gasteiger partial charge in [-0.05, 0) is 65.4 Å². The van der Waals surface area contributed by atoms with Crippen molar-refractivity contribution >= 4 is 57.2 Å². The Balaban J connectivity index is 1.61. The maximum atomic E-state index is 12.6. The molecule has 156 valence electrons. The van der Waals surface area contributed by atoms with Crippen LogP contribution in [-0.2, 0) is 0 Å². The summed E-state index contributed by atoms with van der Waals surface area (Å²) in [6.07, 6.45) is 0. The number of carbonyl (C=O) groups is 2. The number of hydrogen-bond donors (Lipinski definition) is 2. The molecule has 0 spiro atoms. The number of anilines is 2. The minimum absolute atomic E-state index is 0.234. The molecule has 0 aliphatic carbocycles. The summed E-state index contributed by atoms with van der Waals surface area (Å²) in [5.41, 5.74) is 2.44. The number of nitriles is 1. The lowest BCUT2D eigenvalue weighted by Crippen LogP contribution is -2.12. The Labute approximate surface area is 191 Å². The molecule has 0 unspecified atom stereocenters. The Morgan fingerprint density at radius 3 is 2.06 bits per heavy atom. The van der Waals surface area contributed by atoms with Gasteiger partial charge < -0.3 is 10.6 Å². The number of benzene rings is 2. The number of hydrogen-bond acceptors (Lipinski definition) is 7. The number of nitrogens with zero attached hydrogens (tertiary/aromatic N) is 3.